The molecule has 1 aromatic rings. The van der Waals surface area contributed by atoms with Crippen molar-refractivity contribution in [3.8, 4) is 0 Å². The Bertz CT molecular complexity index is 668. The van der Waals surface area contributed by atoms with E-state index in [1.165, 1.54) is 7.11 Å². The SMILES string of the molecule is CCC(=O)N(c1ccccc1)C1(C(=O)OC)CCN(CC(C)C(=O)O)CC1. The molecule has 1 saturated heterocycles. The third-order valence-corrected chi connectivity index (χ3v) is 5.20. The second kappa shape index (κ2) is 8.99. The zero-order chi connectivity index (χ0) is 20.0. The van der Waals surface area contributed by atoms with Gasteiger partial charge in [-0.3, -0.25) is 14.5 Å². The molecule has 1 fully saturated rings. The fraction of sp³-hybridized carbons (Fsp3) is 0.550. The lowest BCUT2D eigenvalue weighted by atomic mass is 9.84. The smallest absolute Gasteiger partial charge is 0.332 e. The molecule has 0 bridgehead atoms. The number of anilines is 1. The molecule has 2 rings (SSSR count). The maximum atomic E-state index is 12.8. The van der Waals surface area contributed by atoms with Crippen molar-refractivity contribution in [2.75, 3.05) is 31.6 Å². The molecule has 1 aliphatic rings. The van der Waals surface area contributed by atoms with Crippen LogP contribution in [0.3, 0.4) is 0 Å². The van der Waals surface area contributed by atoms with Crippen molar-refractivity contribution in [1.82, 2.24) is 4.90 Å². The number of rotatable bonds is 7. The van der Waals surface area contributed by atoms with Gasteiger partial charge in [0.05, 0.1) is 13.0 Å². The minimum absolute atomic E-state index is 0.140. The summed E-state index contributed by atoms with van der Waals surface area (Å²) in [6.45, 7) is 4.90. The second-order valence-corrected chi connectivity index (χ2v) is 6.98. The highest BCUT2D eigenvalue weighted by atomic mass is 16.5. The molecule has 7 nitrogen and oxygen atoms in total. The van der Waals surface area contributed by atoms with Crippen LogP contribution >= 0.6 is 0 Å². The number of ether oxygens (including phenoxy) is 1. The summed E-state index contributed by atoms with van der Waals surface area (Å²) < 4.78 is 5.10. The number of nitrogens with zero attached hydrogens (tertiary/aromatic N) is 2. The molecule has 1 aromatic carbocycles. The Labute approximate surface area is 159 Å². The fourth-order valence-corrected chi connectivity index (χ4v) is 3.64. The predicted molar refractivity (Wildman–Crippen MR) is 101 cm³/mol. The number of esters is 1. The summed E-state index contributed by atoms with van der Waals surface area (Å²) in [4.78, 5) is 40.4. The Morgan fingerprint density at radius 3 is 2.30 bits per heavy atom. The summed E-state index contributed by atoms with van der Waals surface area (Å²) in [6.07, 6.45) is 1.06. The van der Waals surface area contributed by atoms with Crippen LogP contribution in [-0.4, -0.2) is 60.1 Å². The molecule has 0 radical (unpaired) electrons. The Morgan fingerprint density at radius 2 is 1.81 bits per heavy atom. The van der Waals surface area contributed by atoms with Crippen molar-refractivity contribution in [3.05, 3.63) is 30.3 Å². The van der Waals surface area contributed by atoms with Crippen molar-refractivity contribution in [2.24, 2.45) is 5.92 Å². The van der Waals surface area contributed by atoms with Crippen LogP contribution in [0.15, 0.2) is 30.3 Å². The number of benzene rings is 1. The topological polar surface area (TPSA) is 87.2 Å². The van der Waals surface area contributed by atoms with Gasteiger partial charge in [-0.15, -0.1) is 0 Å². The Balaban J connectivity index is 2.32. The van der Waals surface area contributed by atoms with Gasteiger partial charge in [-0.1, -0.05) is 32.0 Å². The summed E-state index contributed by atoms with van der Waals surface area (Å²) in [5.41, 5.74) is -0.409. The molecule has 0 spiro atoms. The number of amides is 1. The first-order chi connectivity index (χ1) is 12.9. The molecule has 1 amide bonds. The summed E-state index contributed by atoms with van der Waals surface area (Å²) in [7, 11) is 1.34. The molecule has 7 heteroatoms. The number of aliphatic carboxylic acids is 1. The number of hydrogen-bond acceptors (Lipinski definition) is 5. The van der Waals surface area contributed by atoms with Crippen LogP contribution < -0.4 is 4.90 Å². The maximum Gasteiger partial charge on any atom is 0.332 e. The van der Waals surface area contributed by atoms with Gasteiger partial charge in [0, 0.05) is 31.7 Å². The average molecular weight is 376 g/mol. The number of carbonyl (C=O) groups excluding carboxylic acids is 2. The highest BCUT2D eigenvalue weighted by Crippen LogP contribution is 2.35. The van der Waals surface area contributed by atoms with E-state index in [1.54, 1.807) is 18.7 Å². The van der Waals surface area contributed by atoms with Crippen LogP contribution in [0.1, 0.15) is 33.1 Å². The van der Waals surface area contributed by atoms with E-state index in [2.05, 4.69) is 0 Å². The van der Waals surface area contributed by atoms with Gasteiger partial charge >= 0.3 is 11.9 Å². The number of piperidine rings is 1. The minimum Gasteiger partial charge on any atom is -0.481 e. The van der Waals surface area contributed by atoms with Crippen LogP contribution in [0, 0.1) is 5.92 Å². The lowest BCUT2D eigenvalue weighted by Gasteiger charge is -2.46. The number of methoxy groups -OCH3 is 1. The van der Waals surface area contributed by atoms with Gasteiger partial charge < -0.3 is 14.7 Å². The fourth-order valence-electron chi connectivity index (χ4n) is 3.64. The molecule has 1 unspecified atom stereocenters. The summed E-state index contributed by atoms with van der Waals surface area (Å²) >= 11 is 0. The van der Waals surface area contributed by atoms with Crippen LogP contribution in [0.2, 0.25) is 0 Å². The summed E-state index contributed by atoms with van der Waals surface area (Å²) in [5, 5.41) is 9.13. The Kier molecular flexibility index (Phi) is 6.96. The van der Waals surface area contributed by atoms with Gasteiger partial charge in [0.25, 0.3) is 0 Å². The van der Waals surface area contributed by atoms with E-state index < -0.39 is 23.4 Å². The minimum atomic E-state index is -1.08. The monoisotopic (exact) mass is 376 g/mol. The van der Waals surface area contributed by atoms with Crippen molar-refractivity contribution in [3.63, 3.8) is 0 Å². The largest absolute Gasteiger partial charge is 0.481 e. The van der Waals surface area contributed by atoms with E-state index in [9.17, 15) is 14.4 Å². The number of carboxylic acid groups (broad SMARTS) is 1. The Hall–Kier alpha value is -2.41. The zero-order valence-corrected chi connectivity index (χ0v) is 16.2. The molecule has 27 heavy (non-hydrogen) atoms. The first kappa shape index (κ1) is 20.9. The van der Waals surface area contributed by atoms with E-state index in [0.717, 1.165) is 0 Å². The summed E-state index contributed by atoms with van der Waals surface area (Å²) in [6, 6.07) is 9.16. The van der Waals surface area contributed by atoms with Crippen LogP contribution in [0.4, 0.5) is 5.69 Å². The van der Waals surface area contributed by atoms with E-state index in [-0.39, 0.29) is 12.3 Å². The first-order valence-corrected chi connectivity index (χ1v) is 9.27. The number of carboxylic acids is 1. The lowest BCUT2D eigenvalue weighted by Crippen LogP contribution is -2.63. The van der Waals surface area contributed by atoms with Gasteiger partial charge in [-0.05, 0) is 25.0 Å². The van der Waals surface area contributed by atoms with E-state index in [1.807, 2.05) is 35.2 Å². The zero-order valence-electron chi connectivity index (χ0n) is 16.2. The molecule has 0 saturated carbocycles. The highest BCUT2D eigenvalue weighted by Gasteiger charge is 2.49. The van der Waals surface area contributed by atoms with Crippen molar-refractivity contribution in [2.45, 2.75) is 38.6 Å². The Morgan fingerprint density at radius 1 is 1.22 bits per heavy atom. The lowest BCUT2D eigenvalue weighted by molar-refractivity contribution is -0.151. The molecule has 148 valence electrons. The number of hydrogen-bond donors (Lipinski definition) is 1. The van der Waals surface area contributed by atoms with Gasteiger partial charge in [0.1, 0.15) is 5.54 Å². The maximum absolute atomic E-state index is 12.8. The standard InChI is InChI=1S/C20H28N2O5/c1-4-17(23)22(16-8-6-5-7-9-16)20(19(26)27-3)10-12-21(13-11-20)14-15(2)18(24)25/h5-9,15H,4,10-14H2,1-3H3,(H,24,25). The quantitative estimate of drug-likeness (QED) is 0.734. The first-order valence-electron chi connectivity index (χ1n) is 9.27. The molecular formula is C20H28N2O5. The van der Waals surface area contributed by atoms with Crippen LogP contribution in [0.5, 0.6) is 0 Å². The van der Waals surface area contributed by atoms with Crippen LogP contribution in [0.25, 0.3) is 0 Å². The molecule has 1 N–H and O–H groups in total. The number of likely N-dealkylation sites (tertiary alicyclic amines) is 1. The molecule has 0 aliphatic carbocycles. The third kappa shape index (κ3) is 4.47. The number of para-hydroxylation sites is 1. The van der Waals surface area contributed by atoms with Crippen molar-refractivity contribution in [1.29, 1.82) is 0 Å². The van der Waals surface area contributed by atoms with E-state index in [0.29, 0.717) is 38.2 Å². The van der Waals surface area contributed by atoms with Crippen molar-refractivity contribution < 1.29 is 24.2 Å². The van der Waals surface area contributed by atoms with E-state index in [4.69, 9.17) is 9.84 Å². The van der Waals surface area contributed by atoms with Gasteiger partial charge in [-0.25, -0.2) is 4.79 Å². The second-order valence-electron chi connectivity index (χ2n) is 6.98. The summed E-state index contributed by atoms with van der Waals surface area (Å²) in [5.74, 6) is -1.90. The predicted octanol–water partition coefficient (Wildman–Crippen LogP) is 2.16. The third-order valence-electron chi connectivity index (χ3n) is 5.20. The van der Waals surface area contributed by atoms with Gasteiger partial charge in [0.15, 0.2) is 0 Å². The molecule has 1 heterocycles. The molecule has 1 aliphatic heterocycles. The average Bonchev–Trinajstić information content (AvgIpc) is 2.69. The molecule has 0 aromatic heterocycles. The molecule has 1 atom stereocenters. The van der Waals surface area contributed by atoms with E-state index >= 15 is 0 Å². The molecular weight excluding hydrogens is 348 g/mol. The van der Waals surface area contributed by atoms with Gasteiger partial charge in [-0.2, -0.15) is 0 Å². The van der Waals surface area contributed by atoms with Gasteiger partial charge in [0.2, 0.25) is 5.91 Å². The van der Waals surface area contributed by atoms with Crippen molar-refractivity contribution >= 4 is 23.5 Å². The highest BCUT2D eigenvalue weighted by molar-refractivity contribution is 6.02. The number of carbonyl (C=O) groups is 3. The normalized spacial score (nSPS) is 17.7. The van der Waals surface area contributed by atoms with Crippen LogP contribution in [-0.2, 0) is 19.1 Å².